The van der Waals surface area contributed by atoms with Crippen LogP contribution in [0.2, 0.25) is 0 Å². The quantitative estimate of drug-likeness (QED) is 0.851. The maximum atomic E-state index is 11.7. The standard InChI is InChI=1S/C12H24N2O4S/c1-12(2,3)18-11(15)13-9-10-7-5-6-8-14(10)19(4,16)17/h10H,5-9H2,1-4H3,(H,13,15). The van der Waals surface area contributed by atoms with Crippen molar-refractivity contribution in [1.82, 2.24) is 9.62 Å². The van der Waals surface area contributed by atoms with Crippen molar-refractivity contribution in [3.63, 3.8) is 0 Å². The number of amides is 1. The van der Waals surface area contributed by atoms with Gasteiger partial charge in [0.15, 0.2) is 0 Å². The van der Waals surface area contributed by atoms with Crippen LogP contribution < -0.4 is 5.32 Å². The van der Waals surface area contributed by atoms with Crippen molar-refractivity contribution < 1.29 is 17.9 Å². The van der Waals surface area contributed by atoms with Crippen molar-refractivity contribution in [1.29, 1.82) is 0 Å². The Hall–Kier alpha value is -0.820. The predicted molar refractivity (Wildman–Crippen MR) is 73.4 cm³/mol. The van der Waals surface area contributed by atoms with E-state index in [2.05, 4.69) is 5.32 Å². The fourth-order valence-corrected chi connectivity index (χ4v) is 3.31. The molecule has 0 aliphatic carbocycles. The zero-order valence-electron chi connectivity index (χ0n) is 12.1. The van der Waals surface area contributed by atoms with Crippen LogP contribution in [0.1, 0.15) is 40.0 Å². The van der Waals surface area contributed by atoms with E-state index in [9.17, 15) is 13.2 Å². The van der Waals surface area contributed by atoms with Crippen molar-refractivity contribution in [2.24, 2.45) is 0 Å². The second kappa shape index (κ2) is 6.09. The minimum absolute atomic E-state index is 0.170. The molecule has 6 nitrogen and oxygen atoms in total. The normalized spacial score (nSPS) is 22.0. The van der Waals surface area contributed by atoms with Crippen LogP contribution in [0.4, 0.5) is 4.79 Å². The summed E-state index contributed by atoms with van der Waals surface area (Å²) in [5.41, 5.74) is -0.548. The van der Waals surface area contributed by atoms with E-state index in [4.69, 9.17) is 4.74 Å². The minimum atomic E-state index is -3.22. The van der Waals surface area contributed by atoms with Crippen molar-refractivity contribution in [2.75, 3.05) is 19.3 Å². The molecule has 1 rings (SSSR count). The largest absolute Gasteiger partial charge is 0.444 e. The molecule has 0 bridgehead atoms. The van der Waals surface area contributed by atoms with E-state index in [-0.39, 0.29) is 6.04 Å². The maximum Gasteiger partial charge on any atom is 0.407 e. The molecule has 1 fully saturated rings. The first-order valence-electron chi connectivity index (χ1n) is 6.53. The highest BCUT2D eigenvalue weighted by molar-refractivity contribution is 7.88. The van der Waals surface area contributed by atoms with Gasteiger partial charge >= 0.3 is 6.09 Å². The molecular formula is C12H24N2O4S. The average Bonchev–Trinajstić information content (AvgIpc) is 2.23. The third-order valence-corrected chi connectivity index (χ3v) is 4.21. The Kier molecular flexibility index (Phi) is 5.20. The summed E-state index contributed by atoms with van der Waals surface area (Å²) in [7, 11) is -3.22. The van der Waals surface area contributed by atoms with E-state index in [0.29, 0.717) is 13.1 Å². The van der Waals surface area contributed by atoms with Gasteiger partial charge in [-0.2, -0.15) is 4.31 Å². The number of hydrogen-bond donors (Lipinski definition) is 1. The molecule has 1 aliphatic rings. The SMILES string of the molecule is CC(C)(C)OC(=O)NCC1CCCCN1S(C)(=O)=O. The second-order valence-electron chi connectivity index (χ2n) is 5.91. The van der Waals surface area contributed by atoms with Gasteiger partial charge in [-0.25, -0.2) is 13.2 Å². The van der Waals surface area contributed by atoms with Crippen LogP contribution in [0.15, 0.2) is 0 Å². The summed E-state index contributed by atoms with van der Waals surface area (Å²) < 4.78 is 29.9. The van der Waals surface area contributed by atoms with Gasteiger partial charge in [0.05, 0.1) is 6.26 Å². The summed E-state index contributed by atoms with van der Waals surface area (Å²) in [6.45, 7) is 6.18. The summed E-state index contributed by atoms with van der Waals surface area (Å²) in [6, 6.07) is -0.170. The number of carbonyl (C=O) groups is 1. The van der Waals surface area contributed by atoms with E-state index in [0.717, 1.165) is 19.3 Å². The van der Waals surface area contributed by atoms with Gasteiger partial charge in [-0.3, -0.25) is 0 Å². The molecule has 0 aromatic rings. The predicted octanol–water partition coefficient (Wildman–Crippen LogP) is 1.33. The molecule has 0 aromatic carbocycles. The van der Waals surface area contributed by atoms with Gasteiger partial charge in [0.1, 0.15) is 5.60 Å². The van der Waals surface area contributed by atoms with E-state index in [1.807, 2.05) is 0 Å². The number of sulfonamides is 1. The Morgan fingerprint density at radius 1 is 1.37 bits per heavy atom. The van der Waals surface area contributed by atoms with E-state index in [1.165, 1.54) is 10.6 Å². The first-order chi connectivity index (χ1) is 8.59. The number of rotatable bonds is 3. The number of nitrogens with one attached hydrogen (secondary N) is 1. The molecule has 0 radical (unpaired) electrons. The molecule has 1 saturated heterocycles. The average molecular weight is 292 g/mol. The lowest BCUT2D eigenvalue weighted by Crippen LogP contribution is -2.49. The zero-order valence-corrected chi connectivity index (χ0v) is 12.9. The molecule has 0 saturated carbocycles. The van der Waals surface area contributed by atoms with Crippen molar-refractivity contribution >= 4 is 16.1 Å². The minimum Gasteiger partial charge on any atom is -0.444 e. The lowest BCUT2D eigenvalue weighted by Gasteiger charge is -2.33. The molecule has 1 N–H and O–H groups in total. The first kappa shape index (κ1) is 16.2. The topological polar surface area (TPSA) is 75.7 Å². The smallest absolute Gasteiger partial charge is 0.407 e. The number of ether oxygens (including phenoxy) is 1. The van der Waals surface area contributed by atoms with Gasteiger partial charge in [-0.05, 0) is 33.6 Å². The lowest BCUT2D eigenvalue weighted by molar-refractivity contribution is 0.0512. The van der Waals surface area contributed by atoms with Crippen LogP contribution in [-0.4, -0.2) is 49.8 Å². The molecular weight excluding hydrogens is 268 g/mol. The fraction of sp³-hybridized carbons (Fsp3) is 0.917. The van der Waals surface area contributed by atoms with Gasteiger partial charge in [0, 0.05) is 19.1 Å². The molecule has 1 atom stereocenters. The molecule has 7 heteroatoms. The summed E-state index contributed by atoms with van der Waals surface area (Å²) in [5, 5.41) is 2.64. The summed E-state index contributed by atoms with van der Waals surface area (Å²) in [6.07, 6.45) is 3.32. The van der Waals surface area contributed by atoms with Crippen LogP contribution in [0.25, 0.3) is 0 Å². The molecule has 1 heterocycles. The number of alkyl carbamates (subject to hydrolysis) is 1. The molecule has 0 aromatic heterocycles. The summed E-state index contributed by atoms with van der Waals surface area (Å²) in [5.74, 6) is 0. The summed E-state index contributed by atoms with van der Waals surface area (Å²) >= 11 is 0. The highest BCUT2D eigenvalue weighted by Crippen LogP contribution is 2.19. The number of piperidine rings is 1. The second-order valence-corrected chi connectivity index (χ2v) is 7.84. The van der Waals surface area contributed by atoms with Crippen molar-refractivity contribution in [3.8, 4) is 0 Å². The van der Waals surface area contributed by atoms with Crippen LogP contribution >= 0.6 is 0 Å². The molecule has 1 amide bonds. The van der Waals surface area contributed by atoms with Crippen LogP contribution in [0.3, 0.4) is 0 Å². The zero-order chi connectivity index (χ0) is 14.7. The van der Waals surface area contributed by atoms with Gasteiger partial charge in [-0.1, -0.05) is 6.42 Å². The third kappa shape index (κ3) is 5.78. The Bertz CT molecular complexity index is 414. The van der Waals surface area contributed by atoms with E-state index in [1.54, 1.807) is 20.8 Å². The van der Waals surface area contributed by atoms with Crippen LogP contribution in [0.5, 0.6) is 0 Å². The summed E-state index contributed by atoms with van der Waals surface area (Å²) in [4.78, 5) is 11.6. The van der Waals surface area contributed by atoms with Gasteiger partial charge in [0.25, 0.3) is 0 Å². The fourth-order valence-electron chi connectivity index (χ4n) is 2.13. The molecule has 1 aliphatic heterocycles. The number of hydrogen-bond acceptors (Lipinski definition) is 4. The number of nitrogens with zero attached hydrogens (tertiary/aromatic N) is 1. The highest BCUT2D eigenvalue weighted by atomic mass is 32.2. The Balaban J connectivity index is 2.53. The van der Waals surface area contributed by atoms with E-state index >= 15 is 0 Å². The Labute approximate surface area is 115 Å². The molecule has 0 spiro atoms. The van der Waals surface area contributed by atoms with Gasteiger partial charge in [-0.15, -0.1) is 0 Å². The van der Waals surface area contributed by atoms with Gasteiger partial charge < -0.3 is 10.1 Å². The lowest BCUT2D eigenvalue weighted by atomic mass is 10.1. The maximum absolute atomic E-state index is 11.7. The monoisotopic (exact) mass is 292 g/mol. The Morgan fingerprint density at radius 2 is 2.00 bits per heavy atom. The molecule has 19 heavy (non-hydrogen) atoms. The molecule has 1 unspecified atom stereocenters. The van der Waals surface area contributed by atoms with Crippen molar-refractivity contribution in [2.45, 2.75) is 51.7 Å². The third-order valence-electron chi connectivity index (χ3n) is 2.88. The molecule has 112 valence electrons. The first-order valence-corrected chi connectivity index (χ1v) is 8.38. The van der Waals surface area contributed by atoms with Crippen LogP contribution in [0, 0.1) is 0 Å². The van der Waals surface area contributed by atoms with Crippen molar-refractivity contribution in [3.05, 3.63) is 0 Å². The number of carbonyl (C=O) groups excluding carboxylic acids is 1. The van der Waals surface area contributed by atoms with E-state index < -0.39 is 21.7 Å². The Morgan fingerprint density at radius 3 is 2.53 bits per heavy atom. The van der Waals surface area contributed by atoms with Crippen LogP contribution in [-0.2, 0) is 14.8 Å². The van der Waals surface area contributed by atoms with Gasteiger partial charge in [0.2, 0.25) is 10.0 Å². The highest BCUT2D eigenvalue weighted by Gasteiger charge is 2.29.